The first-order valence-corrected chi connectivity index (χ1v) is 16.5. The smallest absolute Gasteiger partial charge is 0.0549 e. The Labute approximate surface area is 278 Å². The first kappa shape index (κ1) is 26.8. The molecule has 2 aromatic heterocycles. The number of aromatic nitrogens is 2. The van der Waals surface area contributed by atoms with Crippen LogP contribution in [0.1, 0.15) is 0 Å². The van der Waals surface area contributed by atoms with E-state index in [0.29, 0.717) is 0 Å². The Bertz CT molecular complexity index is 2830. The lowest BCUT2D eigenvalue weighted by Gasteiger charge is -2.14. The summed E-state index contributed by atoms with van der Waals surface area (Å²) in [5, 5.41) is 7.60. The predicted molar refractivity (Wildman–Crippen MR) is 203 cm³/mol. The summed E-state index contributed by atoms with van der Waals surface area (Å²) in [5.74, 6) is 0. The minimum atomic E-state index is 1.16. The third-order valence-corrected chi connectivity index (χ3v) is 9.89. The molecule has 0 aliphatic carbocycles. The average Bonchev–Trinajstić information content (AvgIpc) is 3.68. The standard InChI is InChI=1S/C46H30N2/c1-2-14-32(15-3-1)37-19-6-9-22-40(37)48-42-24-11-8-21-39(42)46-44(48)28-27-43-45(46)38-20-7-10-23-41(38)47(43)36-18-12-17-34(30-36)35-26-25-31-13-4-5-16-33(31)29-35/h1-30H. The second-order valence-electron chi connectivity index (χ2n) is 12.6. The van der Waals surface area contributed by atoms with Crippen molar-refractivity contribution in [3.63, 3.8) is 0 Å². The van der Waals surface area contributed by atoms with E-state index in [2.05, 4.69) is 191 Å². The van der Waals surface area contributed by atoms with E-state index in [1.807, 2.05) is 0 Å². The zero-order valence-electron chi connectivity index (χ0n) is 26.2. The molecule has 0 N–H and O–H groups in total. The van der Waals surface area contributed by atoms with Gasteiger partial charge in [-0.25, -0.2) is 0 Å². The molecule has 224 valence electrons. The van der Waals surface area contributed by atoms with Crippen molar-refractivity contribution in [2.45, 2.75) is 0 Å². The Morgan fingerprint density at radius 2 is 0.896 bits per heavy atom. The van der Waals surface area contributed by atoms with Gasteiger partial charge in [0.15, 0.2) is 0 Å². The Kier molecular flexibility index (Phi) is 5.91. The minimum absolute atomic E-state index is 1.16. The maximum absolute atomic E-state index is 2.46. The Hall–Kier alpha value is -6.38. The van der Waals surface area contributed by atoms with Crippen LogP contribution in [0.3, 0.4) is 0 Å². The van der Waals surface area contributed by atoms with E-state index in [1.54, 1.807) is 0 Å². The molecule has 0 saturated carbocycles. The first-order valence-electron chi connectivity index (χ1n) is 16.5. The highest BCUT2D eigenvalue weighted by Crippen LogP contribution is 2.43. The molecule has 0 bridgehead atoms. The van der Waals surface area contributed by atoms with Crippen LogP contribution in [0, 0.1) is 0 Å². The maximum Gasteiger partial charge on any atom is 0.0549 e. The van der Waals surface area contributed by atoms with E-state index < -0.39 is 0 Å². The number of fused-ring (bicyclic) bond motifs is 8. The Morgan fingerprint density at radius 3 is 1.69 bits per heavy atom. The summed E-state index contributed by atoms with van der Waals surface area (Å²) >= 11 is 0. The van der Waals surface area contributed by atoms with Crippen LogP contribution in [0.5, 0.6) is 0 Å². The molecule has 0 unspecified atom stereocenters. The summed E-state index contributed by atoms with van der Waals surface area (Å²) in [6, 6.07) is 66.1. The quantitative estimate of drug-likeness (QED) is 0.188. The number of rotatable bonds is 4. The fourth-order valence-corrected chi connectivity index (χ4v) is 7.78. The zero-order valence-corrected chi connectivity index (χ0v) is 26.2. The summed E-state index contributed by atoms with van der Waals surface area (Å²) in [6.07, 6.45) is 0. The van der Waals surface area contributed by atoms with Gasteiger partial charge in [0.25, 0.3) is 0 Å². The van der Waals surface area contributed by atoms with E-state index in [4.69, 9.17) is 0 Å². The van der Waals surface area contributed by atoms with Gasteiger partial charge < -0.3 is 9.13 Å². The number of para-hydroxylation sites is 3. The van der Waals surface area contributed by atoms with Gasteiger partial charge >= 0.3 is 0 Å². The van der Waals surface area contributed by atoms with Gasteiger partial charge in [0.2, 0.25) is 0 Å². The molecule has 10 aromatic rings. The van der Waals surface area contributed by atoms with E-state index in [1.165, 1.54) is 82.3 Å². The lowest BCUT2D eigenvalue weighted by molar-refractivity contribution is 1.17. The summed E-state index contributed by atoms with van der Waals surface area (Å²) in [4.78, 5) is 0. The van der Waals surface area contributed by atoms with Crippen LogP contribution in [0.4, 0.5) is 0 Å². The second-order valence-corrected chi connectivity index (χ2v) is 12.6. The summed E-state index contributed by atoms with van der Waals surface area (Å²) in [7, 11) is 0. The van der Waals surface area contributed by atoms with Crippen LogP contribution in [0.15, 0.2) is 182 Å². The minimum Gasteiger partial charge on any atom is -0.309 e. The average molecular weight is 611 g/mol. The van der Waals surface area contributed by atoms with Crippen molar-refractivity contribution in [3.05, 3.63) is 182 Å². The maximum atomic E-state index is 2.46. The highest BCUT2D eigenvalue weighted by atomic mass is 15.0. The van der Waals surface area contributed by atoms with E-state index in [9.17, 15) is 0 Å². The van der Waals surface area contributed by atoms with Gasteiger partial charge in [-0.3, -0.25) is 0 Å². The molecule has 0 radical (unpaired) electrons. The molecule has 10 rings (SSSR count). The van der Waals surface area contributed by atoms with Gasteiger partial charge in [-0.15, -0.1) is 0 Å². The topological polar surface area (TPSA) is 9.86 Å². The molecule has 2 heteroatoms. The van der Waals surface area contributed by atoms with Crippen molar-refractivity contribution in [2.75, 3.05) is 0 Å². The number of hydrogen-bond donors (Lipinski definition) is 0. The molecule has 0 saturated heterocycles. The molecular formula is C46H30N2. The van der Waals surface area contributed by atoms with Crippen molar-refractivity contribution >= 4 is 54.4 Å². The summed E-state index contributed by atoms with van der Waals surface area (Å²) < 4.78 is 4.90. The summed E-state index contributed by atoms with van der Waals surface area (Å²) in [6.45, 7) is 0. The summed E-state index contributed by atoms with van der Waals surface area (Å²) in [5.41, 5.74) is 12.0. The lowest BCUT2D eigenvalue weighted by atomic mass is 10.0. The third kappa shape index (κ3) is 4.00. The largest absolute Gasteiger partial charge is 0.309 e. The predicted octanol–water partition coefficient (Wildman–Crippen LogP) is 12.4. The van der Waals surface area contributed by atoms with Crippen molar-refractivity contribution in [2.24, 2.45) is 0 Å². The first-order chi connectivity index (χ1) is 23.8. The van der Waals surface area contributed by atoms with Gasteiger partial charge in [0.1, 0.15) is 0 Å². The van der Waals surface area contributed by atoms with Gasteiger partial charge in [-0.2, -0.15) is 0 Å². The normalized spacial score (nSPS) is 11.8. The molecule has 0 atom stereocenters. The molecule has 2 nitrogen and oxygen atoms in total. The highest BCUT2D eigenvalue weighted by Gasteiger charge is 2.21. The number of benzene rings is 8. The van der Waals surface area contributed by atoms with Crippen LogP contribution in [-0.4, -0.2) is 9.13 Å². The molecule has 8 aromatic carbocycles. The van der Waals surface area contributed by atoms with Crippen molar-refractivity contribution in [1.29, 1.82) is 0 Å². The van der Waals surface area contributed by atoms with Crippen LogP contribution in [0.2, 0.25) is 0 Å². The van der Waals surface area contributed by atoms with E-state index >= 15 is 0 Å². The van der Waals surface area contributed by atoms with Crippen molar-refractivity contribution in [3.8, 4) is 33.6 Å². The zero-order chi connectivity index (χ0) is 31.6. The van der Waals surface area contributed by atoms with Gasteiger partial charge in [0.05, 0.1) is 27.8 Å². The second kappa shape index (κ2) is 10.6. The Morgan fingerprint density at radius 1 is 0.312 bits per heavy atom. The van der Waals surface area contributed by atoms with Crippen LogP contribution in [-0.2, 0) is 0 Å². The Balaban J connectivity index is 1.26. The molecular weight excluding hydrogens is 581 g/mol. The fraction of sp³-hybridized carbons (Fsp3) is 0. The van der Waals surface area contributed by atoms with Gasteiger partial charge in [-0.1, -0.05) is 133 Å². The number of nitrogens with zero attached hydrogens (tertiary/aromatic N) is 2. The van der Waals surface area contributed by atoms with E-state index in [0.717, 1.165) is 5.69 Å². The SMILES string of the molecule is c1ccc(-c2ccccc2-n2c3ccccc3c3c4c5ccccc5n(-c5cccc(-c6ccc7ccccc7c6)c5)c4ccc32)cc1. The molecule has 0 aliphatic rings. The molecule has 48 heavy (non-hydrogen) atoms. The van der Waals surface area contributed by atoms with Crippen molar-refractivity contribution in [1.82, 2.24) is 9.13 Å². The highest BCUT2D eigenvalue weighted by molar-refractivity contribution is 6.29. The molecule has 0 spiro atoms. The molecule has 0 amide bonds. The van der Waals surface area contributed by atoms with Crippen LogP contribution >= 0.6 is 0 Å². The van der Waals surface area contributed by atoms with Gasteiger partial charge in [-0.05, 0) is 76.0 Å². The number of hydrogen-bond acceptors (Lipinski definition) is 0. The lowest BCUT2D eigenvalue weighted by Crippen LogP contribution is -1.97. The van der Waals surface area contributed by atoms with Crippen LogP contribution in [0.25, 0.3) is 88.0 Å². The van der Waals surface area contributed by atoms with Gasteiger partial charge in [0, 0.05) is 32.8 Å². The fourth-order valence-electron chi connectivity index (χ4n) is 7.78. The molecule has 0 aliphatic heterocycles. The van der Waals surface area contributed by atoms with Crippen LogP contribution < -0.4 is 0 Å². The molecule has 0 fully saturated rings. The third-order valence-electron chi connectivity index (χ3n) is 9.89. The van der Waals surface area contributed by atoms with E-state index in [-0.39, 0.29) is 0 Å². The monoisotopic (exact) mass is 610 g/mol. The van der Waals surface area contributed by atoms with Crippen molar-refractivity contribution < 1.29 is 0 Å². The molecule has 2 heterocycles.